The quantitative estimate of drug-likeness (QED) is 0.371. The van der Waals surface area contributed by atoms with E-state index in [0.717, 1.165) is 48.4 Å². The van der Waals surface area contributed by atoms with Gasteiger partial charge in [0, 0.05) is 21.5 Å². The molecule has 2 aromatic rings. The third-order valence-corrected chi connectivity index (χ3v) is 4.28. The van der Waals surface area contributed by atoms with Crippen LogP contribution in [-0.4, -0.2) is 12.5 Å². The Bertz CT molecular complexity index is 578. The summed E-state index contributed by atoms with van der Waals surface area (Å²) in [5.74, 6) is 1.58. The standard InChI is InChI=1S/C18H19Cl3O/c19-11-3-1-2-4-12-22-15-8-5-7-14(13-15)18-16(20)9-6-10-17(18)21/h5-10,13H,1-4,11-12H2. The Morgan fingerprint density at radius 3 is 2.23 bits per heavy atom. The number of alkyl halides is 1. The van der Waals surface area contributed by atoms with Gasteiger partial charge in [0.1, 0.15) is 5.75 Å². The predicted molar refractivity (Wildman–Crippen MR) is 96.6 cm³/mol. The molecule has 0 unspecified atom stereocenters. The summed E-state index contributed by atoms with van der Waals surface area (Å²) in [5, 5.41) is 1.29. The van der Waals surface area contributed by atoms with E-state index in [1.165, 1.54) is 0 Å². The molecule has 0 atom stereocenters. The first-order valence-corrected chi connectivity index (χ1v) is 8.74. The zero-order valence-corrected chi connectivity index (χ0v) is 14.6. The second-order valence-electron chi connectivity index (χ2n) is 5.08. The third kappa shape index (κ3) is 5.08. The number of halogens is 3. The van der Waals surface area contributed by atoms with Crippen LogP contribution in [0.5, 0.6) is 5.75 Å². The molecule has 0 aliphatic carbocycles. The minimum absolute atomic E-state index is 0.644. The second-order valence-corrected chi connectivity index (χ2v) is 6.27. The number of benzene rings is 2. The number of unbranched alkanes of at least 4 members (excludes halogenated alkanes) is 3. The largest absolute Gasteiger partial charge is 0.494 e. The molecule has 0 N–H and O–H groups in total. The summed E-state index contributed by atoms with van der Waals surface area (Å²) in [7, 11) is 0. The highest BCUT2D eigenvalue weighted by atomic mass is 35.5. The van der Waals surface area contributed by atoms with Gasteiger partial charge in [-0.25, -0.2) is 0 Å². The summed E-state index contributed by atoms with van der Waals surface area (Å²) in [5.41, 5.74) is 1.81. The van der Waals surface area contributed by atoms with Gasteiger partial charge in [0.2, 0.25) is 0 Å². The molecule has 0 heterocycles. The first kappa shape index (κ1) is 17.5. The summed E-state index contributed by atoms with van der Waals surface area (Å²) in [4.78, 5) is 0. The van der Waals surface area contributed by atoms with Crippen molar-refractivity contribution in [2.75, 3.05) is 12.5 Å². The van der Waals surface area contributed by atoms with Crippen LogP contribution in [0.1, 0.15) is 25.7 Å². The van der Waals surface area contributed by atoms with Crippen LogP contribution in [0.3, 0.4) is 0 Å². The lowest BCUT2D eigenvalue weighted by Gasteiger charge is -2.10. The molecule has 1 nitrogen and oxygen atoms in total. The fraction of sp³-hybridized carbons (Fsp3) is 0.333. The lowest BCUT2D eigenvalue weighted by Crippen LogP contribution is -1.97. The maximum Gasteiger partial charge on any atom is 0.119 e. The Labute approximate surface area is 147 Å². The molecule has 0 amide bonds. The summed E-state index contributed by atoms with van der Waals surface area (Å²) in [6, 6.07) is 13.4. The molecule has 0 radical (unpaired) electrons. The first-order chi connectivity index (χ1) is 10.7. The van der Waals surface area contributed by atoms with Crippen molar-refractivity contribution >= 4 is 34.8 Å². The van der Waals surface area contributed by atoms with Gasteiger partial charge in [-0.2, -0.15) is 0 Å². The molecule has 0 bridgehead atoms. The van der Waals surface area contributed by atoms with E-state index >= 15 is 0 Å². The SMILES string of the molecule is ClCCCCCCOc1cccc(-c2c(Cl)cccc2Cl)c1. The van der Waals surface area contributed by atoms with E-state index in [-0.39, 0.29) is 0 Å². The van der Waals surface area contributed by atoms with Crippen LogP contribution in [0.4, 0.5) is 0 Å². The van der Waals surface area contributed by atoms with E-state index in [2.05, 4.69) is 0 Å². The van der Waals surface area contributed by atoms with Gasteiger partial charge in [0.15, 0.2) is 0 Å². The summed E-state index contributed by atoms with van der Waals surface area (Å²) in [6.45, 7) is 0.710. The van der Waals surface area contributed by atoms with Crippen molar-refractivity contribution in [1.82, 2.24) is 0 Å². The van der Waals surface area contributed by atoms with Gasteiger partial charge >= 0.3 is 0 Å². The average molecular weight is 358 g/mol. The van der Waals surface area contributed by atoms with Crippen LogP contribution < -0.4 is 4.74 Å². The van der Waals surface area contributed by atoms with Crippen LogP contribution in [0, 0.1) is 0 Å². The molecule has 22 heavy (non-hydrogen) atoms. The van der Waals surface area contributed by atoms with Crippen molar-refractivity contribution in [2.24, 2.45) is 0 Å². The van der Waals surface area contributed by atoms with E-state index in [1.807, 2.05) is 42.5 Å². The highest BCUT2D eigenvalue weighted by Crippen LogP contribution is 2.35. The Kier molecular flexibility index (Phi) is 7.38. The van der Waals surface area contributed by atoms with Gasteiger partial charge in [0.05, 0.1) is 6.61 Å². The van der Waals surface area contributed by atoms with Crippen molar-refractivity contribution in [3.8, 4) is 16.9 Å². The molecule has 0 saturated carbocycles. The Morgan fingerprint density at radius 1 is 0.818 bits per heavy atom. The van der Waals surface area contributed by atoms with Crippen molar-refractivity contribution < 1.29 is 4.74 Å². The van der Waals surface area contributed by atoms with E-state index in [1.54, 1.807) is 0 Å². The van der Waals surface area contributed by atoms with Crippen LogP contribution in [0.2, 0.25) is 10.0 Å². The zero-order valence-electron chi connectivity index (χ0n) is 12.3. The predicted octanol–water partition coefficient (Wildman–Crippen LogP) is 6.84. The van der Waals surface area contributed by atoms with Crippen LogP contribution >= 0.6 is 34.8 Å². The Hall–Kier alpha value is -0.890. The number of rotatable bonds is 8. The first-order valence-electron chi connectivity index (χ1n) is 7.45. The van der Waals surface area contributed by atoms with E-state index in [4.69, 9.17) is 39.5 Å². The minimum Gasteiger partial charge on any atom is -0.494 e. The van der Waals surface area contributed by atoms with Crippen LogP contribution in [0.25, 0.3) is 11.1 Å². The molecule has 0 fully saturated rings. The molecule has 0 saturated heterocycles. The summed E-state index contributed by atoms with van der Waals surface area (Å²) < 4.78 is 5.81. The summed E-state index contributed by atoms with van der Waals surface area (Å²) in [6.07, 6.45) is 4.40. The molecular formula is C18H19Cl3O. The smallest absolute Gasteiger partial charge is 0.119 e. The van der Waals surface area contributed by atoms with E-state index in [9.17, 15) is 0 Å². The lowest BCUT2D eigenvalue weighted by atomic mass is 10.1. The number of ether oxygens (including phenoxy) is 1. The Balaban J connectivity index is 1.98. The van der Waals surface area contributed by atoms with Gasteiger partial charge in [0.25, 0.3) is 0 Å². The normalized spacial score (nSPS) is 10.7. The monoisotopic (exact) mass is 356 g/mol. The van der Waals surface area contributed by atoms with Gasteiger partial charge in [-0.15, -0.1) is 11.6 Å². The highest BCUT2D eigenvalue weighted by Gasteiger charge is 2.08. The molecule has 2 rings (SSSR count). The van der Waals surface area contributed by atoms with Gasteiger partial charge < -0.3 is 4.74 Å². The van der Waals surface area contributed by atoms with Gasteiger partial charge in [-0.3, -0.25) is 0 Å². The lowest BCUT2D eigenvalue weighted by molar-refractivity contribution is 0.305. The maximum atomic E-state index is 6.26. The van der Waals surface area contributed by atoms with Crippen LogP contribution in [0.15, 0.2) is 42.5 Å². The second kappa shape index (κ2) is 9.29. The molecule has 0 spiro atoms. The molecule has 2 aromatic carbocycles. The van der Waals surface area contributed by atoms with Crippen molar-refractivity contribution in [2.45, 2.75) is 25.7 Å². The zero-order chi connectivity index (χ0) is 15.8. The number of hydrogen-bond donors (Lipinski definition) is 0. The average Bonchev–Trinajstić information content (AvgIpc) is 2.51. The molecular weight excluding hydrogens is 339 g/mol. The van der Waals surface area contributed by atoms with Crippen molar-refractivity contribution in [3.63, 3.8) is 0 Å². The third-order valence-electron chi connectivity index (χ3n) is 3.38. The molecule has 4 heteroatoms. The minimum atomic E-state index is 0.644. The summed E-state index contributed by atoms with van der Waals surface area (Å²) >= 11 is 18.2. The van der Waals surface area contributed by atoms with Gasteiger partial charge in [-0.1, -0.05) is 54.2 Å². The van der Waals surface area contributed by atoms with E-state index in [0.29, 0.717) is 16.7 Å². The molecule has 0 aliphatic rings. The van der Waals surface area contributed by atoms with Crippen LogP contribution in [-0.2, 0) is 0 Å². The highest BCUT2D eigenvalue weighted by molar-refractivity contribution is 6.39. The fourth-order valence-corrected chi connectivity index (χ4v) is 3.06. The van der Waals surface area contributed by atoms with Crippen molar-refractivity contribution in [1.29, 1.82) is 0 Å². The molecule has 0 aromatic heterocycles. The molecule has 0 aliphatic heterocycles. The Morgan fingerprint density at radius 2 is 1.50 bits per heavy atom. The fourth-order valence-electron chi connectivity index (χ4n) is 2.26. The topological polar surface area (TPSA) is 9.23 Å². The molecule has 118 valence electrons. The van der Waals surface area contributed by atoms with Crippen molar-refractivity contribution in [3.05, 3.63) is 52.5 Å². The number of hydrogen-bond acceptors (Lipinski definition) is 1. The van der Waals surface area contributed by atoms with Gasteiger partial charge in [-0.05, 0) is 42.7 Å². The maximum absolute atomic E-state index is 6.26. The van der Waals surface area contributed by atoms with E-state index < -0.39 is 0 Å².